The van der Waals surface area contributed by atoms with E-state index in [1.54, 1.807) is 6.20 Å². The lowest BCUT2D eigenvalue weighted by Crippen LogP contribution is -2.38. The van der Waals surface area contributed by atoms with Crippen molar-refractivity contribution in [2.24, 2.45) is 0 Å². The lowest BCUT2D eigenvalue weighted by molar-refractivity contribution is 0.136. The molecule has 2 rings (SSSR count). The van der Waals surface area contributed by atoms with Crippen LogP contribution in [0.5, 0.6) is 0 Å². The Morgan fingerprint density at radius 2 is 2.38 bits per heavy atom. The third-order valence-corrected chi connectivity index (χ3v) is 3.77. The van der Waals surface area contributed by atoms with Gasteiger partial charge in [-0.25, -0.2) is 4.98 Å². The lowest BCUT2D eigenvalue weighted by atomic mass is 9.99. The summed E-state index contributed by atoms with van der Waals surface area (Å²) in [4.78, 5) is 6.68. The molecular formula is C13H19ClN2. The lowest BCUT2D eigenvalue weighted by Gasteiger charge is -2.35. The molecule has 0 aromatic carbocycles. The van der Waals surface area contributed by atoms with E-state index in [9.17, 15) is 0 Å². The molecule has 1 unspecified atom stereocenters. The van der Waals surface area contributed by atoms with Crippen LogP contribution in [0, 0.1) is 0 Å². The third-order valence-electron chi connectivity index (χ3n) is 3.43. The van der Waals surface area contributed by atoms with Crippen molar-refractivity contribution in [2.45, 2.75) is 45.2 Å². The SMILES string of the molecule is CCC1CCCCN1Cc1cccnc1Cl. The van der Waals surface area contributed by atoms with Gasteiger partial charge in [0.25, 0.3) is 0 Å². The molecule has 1 aliphatic rings. The molecule has 2 nitrogen and oxygen atoms in total. The molecule has 0 spiro atoms. The molecule has 0 N–H and O–H groups in total. The molecule has 0 bridgehead atoms. The van der Waals surface area contributed by atoms with Crippen molar-refractivity contribution in [3.8, 4) is 0 Å². The predicted octanol–water partition coefficient (Wildman–Crippen LogP) is 3.50. The molecule has 1 fully saturated rings. The maximum absolute atomic E-state index is 6.10. The Bertz CT molecular complexity index is 340. The maximum atomic E-state index is 6.10. The molecule has 0 amide bonds. The average molecular weight is 239 g/mol. The molecule has 88 valence electrons. The van der Waals surface area contributed by atoms with Gasteiger partial charge in [0.15, 0.2) is 0 Å². The van der Waals surface area contributed by atoms with Crippen LogP contribution in [-0.2, 0) is 6.54 Å². The second-order valence-electron chi connectivity index (χ2n) is 4.48. The smallest absolute Gasteiger partial charge is 0.133 e. The third kappa shape index (κ3) is 2.74. The number of rotatable bonds is 3. The van der Waals surface area contributed by atoms with Crippen molar-refractivity contribution in [3.05, 3.63) is 29.0 Å². The number of likely N-dealkylation sites (tertiary alicyclic amines) is 1. The number of hydrogen-bond acceptors (Lipinski definition) is 2. The molecule has 16 heavy (non-hydrogen) atoms. The first-order valence-electron chi connectivity index (χ1n) is 6.14. The van der Waals surface area contributed by atoms with Crippen LogP contribution >= 0.6 is 11.6 Å². The summed E-state index contributed by atoms with van der Waals surface area (Å²) in [6.45, 7) is 4.42. The Labute approximate surface area is 103 Å². The van der Waals surface area contributed by atoms with Crippen LogP contribution < -0.4 is 0 Å². The zero-order valence-corrected chi connectivity index (χ0v) is 10.6. The Balaban J connectivity index is 2.05. The minimum atomic E-state index is 0.655. The highest BCUT2D eigenvalue weighted by Crippen LogP contribution is 2.23. The summed E-state index contributed by atoms with van der Waals surface area (Å²) in [6.07, 6.45) is 7.00. The number of pyridine rings is 1. The molecule has 1 atom stereocenters. The first kappa shape index (κ1) is 11.9. The van der Waals surface area contributed by atoms with Crippen molar-refractivity contribution in [2.75, 3.05) is 6.54 Å². The quantitative estimate of drug-likeness (QED) is 0.750. The molecular weight excluding hydrogens is 220 g/mol. The van der Waals surface area contributed by atoms with Gasteiger partial charge in [-0.05, 0) is 31.9 Å². The highest BCUT2D eigenvalue weighted by molar-refractivity contribution is 6.30. The number of hydrogen-bond donors (Lipinski definition) is 0. The monoisotopic (exact) mass is 238 g/mol. The molecule has 1 aromatic rings. The number of aromatic nitrogens is 1. The second-order valence-corrected chi connectivity index (χ2v) is 4.84. The van der Waals surface area contributed by atoms with E-state index in [0.29, 0.717) is 5.15 Å². The van der Waals surface area contributed by atoms with Crippen molar-refractivity contribution in [1.29, 1.82) is 0 Å². The molecule has 0 saturated carbocycles. The maximum Gasteiger partial charge on any atom is 0.133 e. The summed E-state index contributed by atoms with van der Waals surface area (Å²) >= 11 is 6.10. The summed E-state index contributed by atoms with van der Waals surface area (Å²) in [5, 5.41) is 0.655. The summed E-state index contributed by atoms with van der Waals surface area (Å²) in [5.41, 5.74) is 1.16. The van der Waals surface area contributed by atoms with E-state index in [-0.39, 0.29) is 0 Å². The molecule has 0 radical (unpaired) electrons. The van der Waals surface area contributed by atoms with Gasteiger partial charge in [-0.1, -0.05) is 31.0 Å². The Kier molecular flexibility index (Phi) is 4.19. The van der Waals surface area contributed by atoms with Crippen LogP contribution in [0.1, 0.15) is 38.2 Å². The zero-order chi connectivity index (χ0) is 11.4. The minimum Gasteiger partial charge on any atom is -0.296 e. The zero-order valence-electron chi connectivity index (χ0n) is 9.82. The fraction of sp³-hybridized carbons (Fsp3) is 0.615. The van der Waals surface area contributed by atoms with E-state index in [0.717, 1.165) is 18.2 Å². The van der Waals surface area contributed by atoms with Crippen LogP contribution in [0.25, 0.3) is 0 Å². The van der Waals surface area contributed by atoms with Gasteiger partial charge in [-0.2, -0.15) is 0 Å². The molecule has 1 aliphatic heterocycles. The molecule has 1 aromatic heterocycles. The number of halogens is 1. The first-order chi connectivity index (χ1) is 7.81. The molecule has 2 heterocycles. The Morgan fingerprint density at radius 1 is 1.50 bits per heavy atom. The normalized spacial score (nSPS) is 22.2. The van der Waals surface area contributed by atoms with E-state index >= 15 is 0 Å². The van der Waals surface area contributed by atoms with E-state index in [1.165, 1.54) is 32.2 Å². The van der Waals surface area contributed by atoms with Gasteiger partial charge in [-0.15, -0.1) is 0 Å². The predicted molar refractivity (Wildman–Crippen MR) is 67.6 cm³/mol. The fourth-order valence-electron chi connectivity index (χ4n) is 2.49. The largest absolute Gasteiger partial charge is 0.296 e. The Morgan fingerprint density at radius 3 is 3.12 bits per heavy atom. The van der Waals surface area contributed by atoms with Gasteiger partial charge in [0.2, 0.25) is 0 Å². The van der Waals surface area contributed by atoms with Crippen LogP contribution in [0.4, 0.5) is 0 Å². The van der Waals surface area contributed by atoms with E-state index < -0.39 is 0 Å². The summed E-state index contributed by atoms with van der Waals surface area (Å²) < 4.78 is 0. The Hall–Kier alpha value is -0.600. The topological polar surface area (TPSA) is 16.1 Å². The minimum absolute atomic E-state index is 0.655. The standard InChI is InChI=1S/C13H19ClN2/c1-2-12-7-3-4-9-16(12)10-11-6-5-8-15-13(11)14/h5-6,8,12H,2-4,7,9-10H2,1H3. The van der Waals surface area contributed by atoms with E-state index in [2.05, 4.69) is 22.9 Å². The fourth-order valence-corrected chi connectivity index (χ4v) is 2.67. The van der Waals surface area contributed by atoms with Crippen LogP contribution in [0.15, 0.2) is 18.3 Å². The van der Waals surface area contributed by atoms with Gasteiger partial charge in [0, 0.05) is 24.3 Å². The van der Waals surface area contributed by atoms with Crippen LogP contribution in [-0.4, -0.2) is 22.5 Å². The summed E-state index contributed by atoms with van der Waals surface area (Å²) in [5.74, 6) is 0. The number of piperidine rings is 1. The van der Waals surface area contributed by atoms with Gasteiger partial charge >= 0.3 is 0 Å². The van der Waals surface area contributed by atoms with Crippen LogP contribution in [0.3, 0.4) is 0 Å². The highest BCUT2D eigenvalue weighted by Gasteiger charge is 2.21. The van der Waals surface area contributed by atoms with E-state index in [4.69, 9.17) is 11.6 Å². The van der Waals surface area contributed by atoms with E-state index in [1.807, 2.05) is 6.07 Å². The van der Waals surface area contributed by atoms with Crippen molar-refractivity contribution < 1.29 is 0 Å². The summed E-state index contributed by atoms with van der Waals surface area (Å²) in [7, 11) is 0. The van der Waals surface area contributed by atoms with Crippen molar-refractivity contribution in [1.82, 2.24) is 9.88 Å². The molecule has 3 heteroatoms. The molecule has 1 saturated heterocycles. The van der Waals surface area contributed by atoms with Gasteiger partial charge < -0.3 is 0 Å². The molecule has 0 aliphatic carbocycles. The van der Waals surface area contributed by atoms with Crippen molar-refractivity contribution in [3.63, 3.8) is 0 Å². The van der Waals surface area contributed by atoms with Crippen LogP contribution in [0.2, 0.25) is 5.15 Å². The van der Waals surface area contributed by atoms with Gasteiger partial charge in [0.05, 0.1) is 0 Å². The highest BCUT2D eigenvalue weighted by atomic mass is 35.5. The average Bonchev–Trinajstić information content (AvgIpc) is 2.33. The number of nitrogens with zero attached hydrogens (tertiary/aromatic N) is 2. The first-order valence-corrected chi connectivity index (χ1v) is 6.52. The van der Waals surface area contributed by atoms with Gasteiger partial charge in [0.1, 0.15) is 5.15 Å². The second kappa shape index (κ2) is 5.65. The van der Waals surface area contributed by atoms with Crippen molar-refractivity contribution >= 4 is 11.6 Å². The summed E-state index contributed by atoms with van der Waals surface area (Å²) in [6, 6.07) is 4.77. The van der Waals surface area contributed by atoms with Gasteiger partial charge in [-0.3, -0.25) is 4.90 Å².